The number of carbonyl (C=O) groups is 1. The van der Waals surface area contributed by atoms with E-state index < -0.39 is 0 Å². The largest absolute Gasteiger partial charge is 0.457 e. The molecule has 3 aromatic rings. The van der Waals surface area contributed by atoms with Gasteiger partial charge < -0.3 is 15.0 Å². The molecule has 4 nitrogen and oxygen atoms in total. The number of H-pyrrole nitrogens is 1. The summed E-state index contributed by atoms with van der Waals surface area (Å²) < 4.78 is 6.07. The van der Waals surface area contributed by atoms with E-state index in [0.29, 0.717) is 6.54 Å². The summed E-state index contributed by atoms with van der Waals surface area (Å²) in [5.74, 6) is 1.57. The number of aromatic nitrogens is 1. The standard InChI is InChI=1S/C20H18N2O2/c1-13-18-16(11-12-21-20(18)23)19(22-13)15-9-5-6-10-17(15)24-14-7-3-2-4-8-14/h2-10,22H,11-12H2,1H3,(H,21,23). The number of aryl methyl sites for hydroxylation is 1. The molecule has 1 aromatic heterocycles. The number of hydrogen-bond donors (Lipinski definition) is 2. The topological polar surface area (TPSA) is 54.1 Å². The fraction of sp³-hybridized carbons (Fsp3) is 0.150. The summed E-state index contributed by atoms with van der Waals surface area (Å²) >= 11 is 0. The third kappa shape index (κ3) is 2.46. The van der Waals surface area contributed by atoms with Crippen molar-refractivity contribution in [2.24, 2.45) is 0 Å². The molecule has 1 aliphatic heterocycles. The summed E-state index contributed by atoms with van der Waals surface area (Å²) in [5.41, 5.74) is 4.68. The normalized spacial score (nSPS) is 13.3. The first-order chi connectivity index (χ1) is 11.7. The van der Waals surface area contributed by atoms with Crippen LogP contribution >= 0.6 is 0 Å². The van der Waals surface area contributed by atoms with Crippen LogP contribution in [0.5, 0.6) is 11.5 Å². The van der Waals surface area contributed by atoms with Crippen molar-refractivity contribution in [1.29, 1.82) is 0 Å². The van der Waals surface area contributed by atoms with Gasteiger partial charge in [-0.1, -0.05) is 30.3 Å². The monoisotopic (exact) mass is 318 g/mol. The minimum atomic E-state index is -0.00212. The van der Waals surface area contributed by atoms with Crippen molar-refractivity contribution in [2.75, 3.05) is 6.54 Å². The van der Waals surface area contributed by atoms with E-state index in [2.05, 4.69) is 10.3 Å². The second-order valence-electron chi connectivity index (χ2n) is 5.90. The van der Waals surface area contributed by atoms with Crippen LogP contribution in [-0.4, -0.2) is 17.4 Å². The number of nitrogens with one attached hydrogen (secondary N) is 2. The zero-order chi connectivity index (χ0) is 16.5. The highest BCUT2D eigenvalue weighted by atomic mass is 16.5. The summed E-state index contributed by atoms with van der Waals surface area (Å²) in [6.45, 7) is 2.60. The van der Waals surface area contributed by atoms with Crippen LogP contribution in [0.1, 0.15) is 21.6 Å². The van der Waals surface area contributed by atoms with Gasteiger partial charge in [-0.15, -0.1) is 0 Å². The molecular formula is C20H18N2O2. The van der Waals surface area contributed by atoms with E-state index in [9.17, 15) is 4.79 Å². The molecule has 0 fully saturated rings. The summed E-state index contributed by atoms with van der Waals surface area (Å²) in [5, 5.41) is 2.91. The number of hydrogen-bond acceptors (Lipinski definition) is 2. The van der Waals surface area contributed by atoms with Gasteiger partial charge in [0.25, 0.3) is 5.91 Å². The Kier molecular flexibility index (Phi) is 3.58. The molecule has 2 aromatic carbocycles. The van der Waals surface area contributed by atoms with E-state index in [4.69, 9.17) is 4.74 Å². The Hall–Kier alpha value is -3.01. The Morgan fingerprint density at radius 3 is 2.58 bits per heavy atom. The van der Waals surface area contributed by atoms with Gasteiger partial charge in [-0.25, -0.2) is 0 Å². The van der Waals surface area contributed by atoms with Gasteiger partial charge in [0, 0.05) is 17.8 Å². The number of fused-ring (bicyclic) bond motifs is 1. The molecule has 1 amide bonds. The highest BCUT2D eigenvalue weighted by Gasteiger charge is 2.26. The number of ether oxygens (including phenoxy) is 1. The predicted octanol–water partition coefficient (Wildman–Crippen LogP) is 4.07. The van der Waals surface area contributed by atoms with Crippen LogP contribution in [0, 0.1) is 6.92 Å². The molecule has 4 heteroatoms. The van der Waals surface area contributed by atoms with Crippen LogP contribution in [0.4, 0.5) is 0 Å². The molecule has 1 aliphatic rings. The third-order valence-electron chi connectivity index (χ3n) is 4.31. The SMILES string of the molecule is Cc1[nH]c(-c2ccccc2Oc2ccccc2)c2c1C(=O)NCC2. The highest BCUT2D eigenvalue weighted by molar-refractivity contribution is 6.00. The van der Waals surface area contributed by atoms with E-state index in [0.717, 1.165) is 46.0 Å². The van der Waals surface area contributed by atoms with E-state index in [1.807, 2.05) is 61.5 Å². The summed E-state index contributed by atoms with van der Waals surface area (Å²) in [4.78, 5) is 15.6. The van der Waals surface area contributed by atoms with Gasteiger partial charge in [0.05, 0.1) is 11.3 Å². The molecule has 0 spiro atoms. The lowest BCUT2D eigenvalue weighted by atomic mass is 9.97. The quantitative estimate of drug-likeness (QED) is 0.765. The molecule has 0 saturated heterocycles. The van der Waals surface area contributed by atoms with Crippen molar-refractivity contribution >= 4 is 5.91 Å². The van der Waals surface area contributed by atoms with E-state index in [1.165, 1.54) is 0 Å². The summed E-state index contributed by atoms with van der Waals surface area (Å²) in [6.07, 6.45) is 0.820. The Morgan fingerprint density at radius 2 is 1.75 bits per heavy atom. The fourth-order valence-electron chi connectivity index (χ4n) is 3.23. The van der Waals surface area contributed by atoms with Crippen LogP contribution in [0.15, 0.2) is 54.6 Å². The van der Waals surface area contributed by atoms with Crippen LogP contribution in [0.25, 0.3) is 11.3 Å². The molecule has 0 atom stereocenters. The minimum Gasteiger partial charge on any atom is -0.457 e. The van der Waals surface area contributed by atoms with Gasteiger partial charge in [-0.05, 0) is 43.2 Å². The van der Waals surface area contributed by atoms with E-state index in [-0.39, 0.29) is 5.91 Å². The lowest BCUT2D eigenvalue weighted by molar-refractivity contribution is 0.0946. The molecule has 120 valence electrons. The van der Waals surface area contributed by atoms with Crippen molar-refractivity contribution in [3.05, 3.63) is 71.4 Å². The van der Waals surface area contributed by atoms with Crippen LogP contribution in [-0.2, 0) is 6.42 Å². The average molecular weight is 318 g/mol. The average Bonchev–Trinajstić information content (AvgIpc) is 2.94. The van der Waals surface area contributed by atoms with Gasteiger partial charge >= 0.3 is 0 Å². The Balaban J connectivity index is 1.81. The van der Waals surface area contributed by atoms with Crippen molar-refractivity contribution in [1.82, 2.24) is 10.3 Å². The van der Waals surface area contributed by atoms with Crippen LogP contribution in [0.3, 0.4) is 0 Å². The maximum atomic E-state index is 12.2. The first-order valence-corrected chi connectivity index (χ1v) is 8.06. The smallest absolute Gasteiger partial charge is 0.253 e. The molecule has 4 rings (SSSR count). The maximum absolute atomic E-state index is 12.2. The summed E-state index contributed by atoms with van der Waals surface area (Å²) in [7, 11) is 0. The zero-order valence-corrected chi connectivity index (χ0v) is 13.4. The first kappa shape index (κ1) is 14.6. The van der Waals surface area contributed by atoms with Crippen LogP contribution < -0.4 is 10.1 Å². The molecule has 0 radical (unpaired) electrons. The molecule has 0 aliphatic carbocycles. The lowest BCUT2D eigenvalue weighted by Crippen LogP contribution is -2.31. The highest BCUT2D eigenvalue weighted by Crippen LogP contribution is 2.37. The molecule has 0 unspecified atom stereocenters. The zero-order valence-electron chi connectivity index (χ0n) is 13.4. The molecule has 0 bridgehead atoms. The van der Waals surface area contributed by atoms with E-state index in [1.54, 1.807) is 0 Å². The third-order valence-corrected chi connectivity index (χ3v) is 4.31. The predicted molar refractivity (Wildman–Crippen MR) is 93.5 cm³/mol. The van der Waals surface area contributed by atoms with Gasteiger partial charge in [-0.2, -0.15) is 0 Å². The van der Waals surface area contributed by atoms with Crippen molar-refractivity contribution < 1.29 is 9.53 Å². The number of benzene rings is 2. The Bertz CT molecular complexity index is 897. The van der Waals surface area contributed by atoms with E-state index >= 15 is 0 Å². The maximum Gasteiger partial charge on any atom is 0.253 e. The molecule has 0 saturated carbocycles. The second-order valence-corrected chi connectivity index (χ2v) is 5.90. The number of aromatic amines is 1. The van der Waals surface area contributed by atoms with Crippen LogP contribution in [0.2, 0.25) is 0 Å². The second kappa shape index (κ2) is 5.89. The number of para-hydroxylation sites is 2. The number of rotatable bonds is 3. The van der Waals surface area contributed by atoms with Gasteiger partial charge in [0.1, 0.15) is 11.5 Å². The first-order valence-electron chi connectivity index (χ1n) is 8.06. The molecule has 24 heavy (non-hydrogen) atoms. The fourth-order valence-corrected chi connectivity index (χ4v) is 3.23. The minimum absolute atomic E-state index is 0.00212. The van der Waals surface area contributed by atoms with Crippen molar-refractivity contribution in [3.8, 4) is 22.8 Å². The van der Waals surface area contributed by atoms with Gasteiger partial charge in [0.15, 0.2) is 0 Å². The lowest BCUT2D eigenvalue weighted by Gasteiger charge is -2.16. The van der Waals surface area contributed by atoms with Gasteiger partial charge in [0.2, 0.25) is 0 Å². The number of carbonyl (C=O) groups excluding carboxylic acids is 1. The summed E-state index contributed by atoms with van der Waals surface area (Å²) in [6, 6.07) is 17.6. The Morgan fingerprint density at radius 1 is 1.00 bits per heavy atom. The van der Waals surface area contributed by atoms with Crippen molar-refractivity contribution in [2.45, 2.75) is 13.3 Å². The molecule has 2 heterocycles. The molecule has 2 N–H and O–H groups in total. The molecular weight excluding hydrogens is 300 g/mol. The Labute approximate surface area is 140 Å². The van der Waals surface area contributed by atoms with Crippen molar-refractivity contribution in [3.63, 3.8) is 0 Å². The number of amides is 1. The van der Waals surface area contributed by atoms with Gasteiger partial charge in [-0.3, -0.25) is 4.79 Å².